The van der Waals surface area contributed by atoms with Gasteiger partial charge in [0.2, 0.25) is 0 Å². The molecule has 5 heteroatoms. The summed E-state index contributed by atoms with van der Waals surface area (Å²) in [4.78, 5) is 22.8. The van der Waals surface area contributed by atoms with Crippen LogP contribution in [0, 0.1) is 0 Å². The average Bonchev–Trinajstić information content (AvgIpc) is 2.37. The minimum Gasteiger partial charge on any atom is -0.346 e. The molecule has 114 valence electrons. The highest BCUT2D eigenvalue weighted by atomic mass is 16.2. The molecule has 1 aromatic carbocycles. The highest BCUT2D eigenvalue weighted by molar-refractivity contribution is 6.35. The van der Waals surface area contributed by atoms with Crippen molar-refractivity contribution in [2.75, 3.05) is 0 Å². The number of carbonyl (C=O) groups is 2. The zero-order chi connectivity index (χ0) is 16.0. The highest BCUT2D eigenvalue weighted by Crippen LogP contribution is 2.21. The van der Waals surface area contributed by atoms with Crippen LogP contribution in [0.1, 0.15) is 45.7 Å². The van der Waals surface area contributed by atoms with Gasteiger partial charge in [0.25, 0.3) is 0 Å². The van der Waals surface area contributed by atoms with Crippen LogP contribution in [0.4, 0.5) is 0 Å². The molecule has 2 amide bonds. The zero-order valence-corrected chi connectivity index (χ0v) is 13.2. The molecule has 0 saturated heterocycles. The summed E-state index contributed by atoms with van der Waals surface area (Å²) in [6.07, 6.45) is 1.51. The van der Waals surface area contributed by atoms with E-state index in [2.05, 4.69) is 36.6 Å². The lowest BCUT2D eigenvalue weighted by Gasteiger charge is -2.18. The molecule has 0 spiro atoms. The van der Waals surface area contributed by atoms with Gasteiger partial charge in [-0.05, 0) is 30.4 Å². The minimum atomic E-state index is -0.772. The van der Waals surface area contributed by atoms with Crippen LogP contribution >= 0.6 is 0 Å². The molecule has 0 saturated carbocycles. The smallest absolute Gasteiger partial charge is 0.329 e. The summed E-state index contributed by atoms with van der Waals surface area (Å²) in [7, 11) is 0. The third-order valence-corrected chi connectivity index (χ3v) is 2.78. The van der Waals surface area contributed by atoms with E-state index in [1.54, 1.807) is 13.8 Å². The predicted molar refractivity (Wildman–Crippen MR) is 84.2 cm³/mol. The molecule has 1 aromatic rings. The average molecular weight is 289 g/mol. The largest absolute Gasteiger partial charge is 0.346 e. The van der Waals surface area contributed by atoms with E-state index >= 15 is 0 Å². The number of carbonyl (C=O) groups excluding carboxylic acids is 2. The maximum atomic E-state index is 11.4. The Morgan fingerprint density at radius 2 is 1.67 bits per heavy atom. The minimum absolute atomic E-state index is 0.0860. The molecule has 0 aromatic heterocycles. The summed E-state index contributed by atoms with van der Waals surface area (Å²) in [6, 6.07) is 7.80. The van der Waals surface area contributed by atoms with Crippen molar-refractivity contribution in [2.24, 2.45) is 5.10 Å². The van der Waals surface area contributed by atoms with Crippen molar-refractivity contribution >= 4 is 18.0 Å². The molecule has 0 atom stereocenters. The summed E-state index contributed by atoms with van der Waals surface area (Å²) >= 11 is 0. The zero-order valence-electron chi connectivity index (χ0n) is 13.2. The molecule has 0 aliphatic carbocycles. The second-order valence-corrected chi connectivity index (χ2v) is 6.20. The second-order valence-electron chi connectivity index (χ2n) is 6.20. The third-order valence-electron chi connectivity index (χ3n) is 2.78. The summed E-state index contributed by atoms with van der Waals surface area (Å²) in [6.45, 7) is 9.99. The van der Waals surface area contributed by atoms with Crippen molar-refractivity contribution in [2.45, 2.75) is 46.1 Å². The van der Waals surface area contributed by atoms with Crippen molar-refractivity contribution in [3.05, 3.63) is 35.4 Å². The monoisotopic (exact) mass is 289 g/mol. The molecule has 0 radical (unpaired) electrons. The van der Waals surface area contributed by atoms with Crippen LogP contribution in [0.2, 0.25) is 0 Å². The lowest BCUT2D eigenvalue weighted by Crippen LogP contribution is -2.41. The fourth-order valence-electron chi connectivity index (χ4n) is 1.61. The molecule has 0 aliphatic rings. The maximum absolute atomic E-state index is 11.4. The first-order chi connectivity index (χ1) is 9.70. The summed E-state index contributed by atoms with van der Waals surface area (Å²) in [5.74, 6) is -1.46. The first-order valence-electron chi connectivity index (χ1n) is 6.94. The number of benzene rings is 1. The Morgan fingerprint density at radius 3 is 2.14 bits per heavy atom. The van der Waals surface area contributed by atoms with Gasteiger partial charge in [-0.25, -0.2) is 5.43 Å². The van der Waals surface area contributed by atoms with Crippen molar-refractivity contribution in [3.63, 3.8) is 0 Å². The van der Waals surface area contributed by atoms with Crippen LogP contribution in [0.15, 0.2) is 29.4 Å². The summed E-state index contributed by atoms with van der Waals surface area (Å²) in [5, 5.41) is 6.27. The first kappa shape index (κ1) is 16.9. The molecule has 2 N–H and O–H groups in total. The molecule has 0 unspecified atom stereocenters. The van der Waals surface area contributed by atoms with Crippen molar-refractivity contribution in [3.8, 4) is 0 Å². The van der Waals surface area contributed by atoms with Gasteiger partial charge >= 0.3 is 11.8 Å². The Kier molecular flexibility index (Phi) is 5.64. The van der Waals surface area contributed by atoms with E-state index in [1.165, 1.54) is 11.8 Å². The van der Waals surface area contributed by atoms with Crippen LogP contribution in [-0.4, -0.2) is 24.1 Å². The predicted octanol–water partition coefficient (Wildman–Crippen LogP) is 1.96. The lowest BCUT2D eigenvalue weighted by atomic mass is 9.87. The van der Waals surface area contributed by atoms with Gasteiger partial charge in [0.15, 0.2) is 0 Å². The third kappa shape index (κ3) is 5.77. The van der Waals surface area contributed by atoms with Gasteiger partial charge in [-0.15, -0.1) is 0 Å². The quantitative estimate of drug-likeness (QED) is 0.507. The molecular weight excluding hydrogens is 266 g/mol. The van der Waals surface area contributed by atoms with Gasteiger partial charge in [0.05, 0.1) is 6.21 Å². The van der Waals surface area contributed by atoms with E-state index in [1.807, 2.05) is 24.3 Å². The van der Waals surface area contributed by atoms with E-state index in [-0.39, 0.29) is 11.5 Å². The molecule has 0 fully saturated rings. The molecule has 5 nitrogen and oxygen atoms in total. The molecular formula is C16H23N3O2. The van der Waals surface area contributed by atoms with Crippen LogP contribution in [-0.2, 0) is 15.0 Å². The van der Waals surface area contributed by atoms with E-state index in [0.29, 0.717) is 0 Å². The van der Waals surface area contributed by atoms with Crippen molar-refractivity contribution in [1.29, 1.82) is 0 Å². The van der Waals surface area contributed by atoms with Gasteiger partial charge in [-0.1, -0.05) is 45.0 Å². The Balaban J connectivity index is 2.58. The van der Waals surface area contributed by atoms with Crippen molar-refractivity contribution in [1.82, 2.24) is 10.7 Å². The number of nitrogens with zero attached hydrogens (tertiary/aromatic N) is 1. The molecule has 0 aliphatic heterocycles. The van der Waals surface area contributed by atoms with Crippen molar-refractivity contribution < 1.29 is 9.59 Å². The van der Waals surface area contributed by atoms with Gasteiger partial charge in [0, 0.05) is 6.04 Å². The molecule has 0 bridgehead atoms. The fraction of sp³-hybridized carbons (Fsp3) is 0.438. The lowest BCUT2D eigenvalue weighted by molar-refractivity contribution is -0.139. The SMILES string of the molecule is CC(C)NC(=O)C(=O)N/N=C/c1ccc(C(C)(C)C)cc1. The maximum Gasteiger partial charge on any atom is 0.329 e. The van der Waals surface area contributed by atoms with Crippen LogP contribution in [0.3, 0.4) is 0 Å². The topological polar surface area (TPSA) is 70.6 Å². The molecule has 1 rings (SSSR count). The Morgan fingerprint density at radius 1 is 1.10 bits per heavy atom. The Labute approximate surface area is 125 Å². The van der Waals surface area contributed by atoms with Crippen LogP contribution in [0.5, 0.6) is 0 Å². The van der Waals surface area contributed by atoms with Gasteiger partial charge in [-0.2, -0.15) is 5.10 Å². The number of nitrogens with one attached hydrogen (secondary N) is 2. The second kappa shape index (κ2) is 7.02. The highest BCUT2D eigenvalue weighted by Gasteiger charge is 2.13. The summed E-state index contributed by atoms with van der Waals surface area (Å²) in [5.41, 5.74) is 4.37. The van der Waals surface area contributed by atoms with Crippen LogP contribution in [0.25, 0.3) is 0 Å². The standard InChI is InChI=1S/C16H23N3O2/c1-11(2)18-14(20)15(21)19-17-10-12-6-8-13(9-7-12)16(3,4)5/h6-11H,1-5H3,(H,18,20)(H,19,21)/b17-10+. The van der Waals surface area contributed by atoms with E-state index in [0.717, 1.165) is 5.56 Å². The first-order valence-corrected chi connectivity index (χ1v) is 6.94. The Hall–Kier alpha value is -2.17. The fourth-order valence-corrected chi connectivity index (χ4v) is 1.61. The van der Waals surface area contributed by atoms with E-state index < -0.39 is 11.8 Å². The van der Waals surface area contributed by atoms with E-state index in [4.69, 9.17) is 0 Å². The summed E-state index contributed by atoms with van der Waals surface area (Å²) < 4.78 is 0. The molecule has 0 heterocycles. The van der Waals surface area contributed by atoms with E-state index in [9.17, 15) is 9.59 Å². The molecule has 21 heavy (non-hydrogen) atoms. The van der Waals surface area contributed by atoms with Crippen LogP contribution < -0.4 is 10.7 Å². The number of amides is 2. The number of hydrogen-bond donors (Lipinski definition) is 2. The number of hydrazone groups is 1. The number of rotatable bonds is 3. The van der Waals surface area contributed by atoms with Gasteiger partial charge < -0.3 is 5.32 Å². The Bertz CT molecular complexity index is 525. The van der Waals surface area contributed by atoms with Gasteiger partial charge in [0.1, 0.15) is 0 Å². The number of hydrogen-bond acceptors (Lipinski definition) is 3. The normalized spacial score (nSPS) is 11.7. The van der Waals surface area contributed by atoms with Gasteiger partial charge in [-0.3, -0.25) is 9.59 Å².